The van der Waals surface area contributed by atoms with Crippen LogP contribution in [0.2, 0.25) is 0 Å². The molecule has 0 heterocycles. The van der Waals surface area contributed by atoms with Crippen molar-refractivity contribution in [2.75, 3.05) is 25.0 Å². The number of nitro groups is 1. The summed E-state index contributed by atoms with van der Waals surface area (Å²) in [5.74, 6) is 0.405. The number of benzene rings is 1. The van der Waals surface area contributed by atoms with Crippen molar-refractivity contribution in [3.63, 3.8) is 0 Å². The Hall–Kier alpha value is -1.58. The van der Waals surface area contributed by atoms with Crippen molar-refractivity contribution in [1.29, 1.82) is 0 Å². The molecule has 0 atom stereocenters. The molecule has 0 bridgehead atoms. The first kappa shape index (κ1) is 19.4. The van der Waals surface area contributed by atoms with Crippen LogP contribution in [0.3, 0.4) is 0 Å². The first-order valence-corrected chi connectivity index (χ1v) is 6.66. The third-order valence-corrected chi connectivity index (χ3v) is 2.64. The van der Waals surface area contributed by atoms with E-state index in [1.54, 1.807) is 18.2 Å². The summed E-state index contributed by atoms with van der Waals surface area (Å²) in [5, 5.41) is 16.8. The van der Waals surface area contributed by atoms with Gasteiger partial charge in [-0.15, -0.1) is 24.0 Å². The Kier molecular flexibility index (Phi) is 10.3. The number of halogens is 1. The van der Waals surface area contributed by atoms with Gasteiger partial charge in [-0.3, -0.25) is 15.1 Å². The number of guanidine groups is 1. The van der Waals surface area contributed by atoms with E-state index in [4.69, 9.17) is 5.73 Å². The van der Waals surface area contributed by atoms with E-state index in [0.29, 0.717) is 31.3 Å². The van der Waals surface area contributed by atoms with Crippen LogP contribution in [-0.2, 0) is 0 Å². The van der Waals surface area contributed by atoms with Gasteiger partial charge in [-0.1, -0.05) is 25.5 Å². The summed E-state index contributed by atoms with van der Waals surface area (Å²) in [4.78, 5) is 14.6. The average molecular weight is 407 g/mol. The lowest BCUT2D eigenvalue weighted by atomic mass is 10.2. The highest BCUT2D eigenvalue weighted by Crippen LogP contribution is 2.22. The summed E-state index contributed by atoms with van der Waals surface area (Å²) in [6.07, 6.45) is 2.09. The van der Waals surface area contributed by atoms with Crippen LogP contribution < -0.4 is 16.4 Å². The summed E-state index contributed by atoms with van der Waals surface area (Å²) in [5.41, 5.74) is 6.24. The minimum atomic E-state index is -0.406. The largest absolute Gasteiger partial charge is 0.378 e. The summed E-state index contributed by atoms with van der Waals surface area (Å²) < 4.78 is 0. The zero-order chi connectivity index (χ0) is 14.8. The fraction of sp³-hybridized carbons (Fsp3) is 0.462. The minimum Gasteiger partial charge on any atom is -0.378 e. The molecule has 0 saturated heterocycles. The quantitative estimate of drug-likeness (QED) is 0.153. The van der Waals surface area contributed by atoms with Gasteiger partial charge in [0.05, 0.1) is 4.92 Å². The smallest absolute Gasteiger partial charge is 0.292 e. The number of aliphatic imine (C=N–C) groups is 1. The van der Waals surface area contributed by atoms with Crippen molar-refractivity contribution in [1.82, 2.24) is 5.32 Å². The van der Waals surface area contributed by atoms with E-state index in [9.17, 15) is 10.1 Å². The molecule has 0 fully saturated rings. The van der Waals surface area contributed by atoms with E-state index in [-0.39, 0.29) is 29.7 Å². The molecule has 0 aliphatic heterocycles. The predicted octanol–water partition coefficient (Wildman–Crippen LogP) is 2.33. The molecular formula is C13H22IN5O2. The molecule has 118 valence electrons. The maximum atomic E-state index is 10.8. The topological polar surface area (TPSA) is 106 Å². The third kappa shape index (κ3) is 7.69. The second kappa shape index (κ2) is 11.1. The van der Waals surface area contributed by atoms with Crippen LogP contribution in [0.25, 0.3) is 0 Å². The van der Waals surface area contributed by atoms with Gasteiger partial charge in [-0.05, 0) is 12.5 Å². The molecule has 21 heavy (non-hydrogen) atoms. The van der Waals surface area contributed by atoms with Crippen LogP contribution in [0.5, 0.6) is 0 Å². The number of nitrogens with one attached hydrogen (secondary N) is 2. The molecule has 4 N–H and O–H groups in total. The third-order valence-electron chi connectivity index (χ3n) is 2.64. The van der Waals surface area contributed by atoms with Gasteiger partial charge in [0.2, 0.25) is 0 Å². The lowest BCUT2D eigenvalue weighted by Crippen LogP contribution is -2.35. The van der Waals surface area contributed by atoms with Crippen LogP contribution in [0.15, 0.2) is 29.3 Å². The van der Waals surface area contributed by atoms with Crippen molar-refractivity contribution >= 4 is 41.3 Å². The van der Waals surface area contributed by atoms with Crippen LogP contribution in [0, 0.1) is 10.1 Å². The number of nitro benzene ring substituents is 1. The predicted molar refractivity (Wildman–Crippen MR) is 96.4 cm³/mol. The van der Waals surface area contributed by atoms with Gasteiger partial charge < -0.3 is 16.4 Å². The highest BCUT2D eigenvalue weighted by atomic mass is 127. The summed E-state index contributed by atoms with van der Waals surface area (Å²) in [6, 6.07) is 6.54. The van der Waals surface area contributed by atoms with Crippen LogP contribution in [0.4, 0.5) is 11.4 Å². The fourth-order valence-electron chi connectivity index (χ4n) is 1.58. The molecule has 0 radical (unpaired) electrons. The lowest BCUT2D eigenvalue weighted by Gasteiger charge is -2.08. The number of nitrogens with zero attached hydrogens (tertiary/aromatic N) is 2. The Balaban J connectivity index is 0.00000400. The van der Waals surface area contributed by atoms with E-state index in [2.05, 4.69) is 22.5 Å². The second-order valence-corrected chi connectivity index (χ2v) is 4.25. The number of nitrogens with two attached hydrogens (primary N) is 1. The molecule has 0 aliphatic carbocycles. The number of hydrogen-bond acceptors (Lipinski definition) is 4. The molecular weight excluding hydrogens is 385 g/mol. The Morgan fingerprint density at radius 3 is 2.76 bits per heavy atom. The van der Waals surface area contributed by atoms with Crippen molar-refractivity contribution in [3.05, 3.63) is 34.4 Å². The highest BCUT2D eigenvalue weighted by Gasteiger charge is 2.10. The molecule has 0 aromatic heterocycles. The van der Waals surface area contributed by atoms with Crippen molar-refractivity contribution in [2.45, 2.75) is 19.8 Å². The van der Waals surface area contributed by atoms with E-state index in [0.717, 1.165) is 12.8 Å². The number of para-hydroxylation sites is 2. The zero-order valence-electron chi connectivity index (χ0n) is 12.0. The maximum Gasteiger partial charge on any atom is 0.292 e. The molecule has 1 aromatic carbocycles. The maximum absolute atomic E-state index is 10.8. The molecule has 1 rings (SSSR count). The first-order valence-electron chi connectivity index (χ1n) is 6.66. The van der Waals surface area contributed by atoms with E-state index >= 15 is 0 Å². The highest BCUT2D eigenvalue weighted by molar-refractivity contribution is 14.0. The van der Waals surface area contributed by atoms with Gasteiger partial charge in [-0.2, -0.15) is 0 Å². The van der Waals surface area contributed by atoms with Crippen molar-refractivity contribution in [3.8, 4) is 0 Å². The fourth-order valence-corrected chi connectivity index (χ4v) is 1.58. The van der Waals surface area contributed by atoms with Crippen molar-refractivity contribution in [2.24, 2.45) is 10.7 Å². The standard InChI is InChI=1S/C13H21N5O2.HI/c1-2-3-8-16-13(14)17-10-9-15-11-6-4-5-7-12(11)18(19)20;/h4-7,15H,2-3,8-10H2,1H3,(H3,14,16,17);1H. The second-order valence-electron chi connectivity index (χ2n) is 4.25. The summed E-state index contributed by atoms with van der Waals surface area (Å²) in [6.45, 7) is 3.88. The number of unbranched alkanes of at least 4 members (excludes halogenated alkanes) is 1. The summed E-state index contributed by atoms with van der Waals surface area (Å²) in [7, 11) is 0. The number of hydrogen-bond donors (Lipinski definition) is 3. The number of rotatable bonds is 8. The lowest BCUT2D eigenvalue weighted by molar-refractivity contribution is -0.384. The van der Waals surface area contributed by atoms with Crippen LogP contribution in [-0.4, -0.2) is 30.5 Å². The van der Waals surface area contributed by atoms with Gasteiger partial charge in [0.15, 0.2) is 5.96 Å². The Morgan fingerprint density at radius 2 is 2.10 bits per heavy atom. The van der Waals surface area contributed by atoms with Gasteiger partial charge >= 0.3 is 0 Å². The first-order chi connectivity index (χ1) is 9.65. The van der Waals surface area contributed by atoms with Gasteiger partial charge in [0, 0.05) is 25.7 Å². The molecule has 7 nitrogen and oxygen atoms in total. The van der Waals surface area contributed by atoms with E-state index in [1.807, 2.05) is 0 Å². The molecule has 0 unspecified atom stereocenters. The molecule has 0 spiro atoms. The van der Waals surface area contributed by atoms with Gasteiger partial charge in [0.25, 0.3) is 5.69 Å². The zero-order valence-corrected chi connectivity index (χ0v) is 14.4. The molecule has 1 aromatic rings. The monoisotopic (exact) mass is 407 g/mol. The normalized spacial score (nSPS) is 10.6. The Labute approximate surface area is 141 Å². The molecule has 0 amide bonds. The van der Waals surface area contributed by atoms with Crippen LogP contribution >= 0.6 is 24.0 Å². The Bertz CT molecular complexity index is 468. The Morgan fingerprint density at radius 1 is 1.38 bits per heavy atom. The number of anilines is 1. The molecule has 0 saturated carbocycles. The molecule has 8 heteroatoms. The molecule has 0 aliphatic rings. The van der Waals surface area contributed by atoms with E-state index < -0.39 is 4.92 Å². The van der Waals surface area contributed by atoms with E-state index in [1.165, 1.54) is 6.07 Å². The van der Waals surface area contributed by atoms with Crippen LogP contribution in [0.1, 0.15) is 19.8 Å². The van der Waals surface area contributed by atoms with Crippen molar-refractivity contribution < 1.29 is 4.92 Å². The average Bonchev–Trinajstić information content (AvgIpc) is 2.44. The SMILES string of the molecule is CCCCN=C(N)NCCNc1ccccc1[N+](=O)[O-].I. The summed E-state index contributed by atoms with van der Waals surface area (Å²) >= 11 is 0. The minimum absolute atomic E-state index is 0. The van der Waals surface area contributed by atoms with Gasteiger partial charge in [0.1, 0.15) is 5.69 Å². The van der Waals surface area contributed by atoms with Gasteiger partial charge in [-0.25, -0.2) is 0 Å².